The van der Waals surface area contributed by atoms with E-state index in [-0.39, 0.29) is 12.5 Å². The van der Waals surface area contributed by atoms with Gasteiger partial charge >= 0.3 is 0 Å². The van der Waals surface area contributed by atoms with E-state index >= 15 is 0 Å². The van der Waals surface area contributed by atoms with Crippen LogP contribution in [-0.2, 0) is 17.9 Å². The number of nitrogens with zero attached hydrogens (tertiary/aromatic N) is 2. The lowest BCUT2D eigenvalue weighted by atomic mass is 10.4. The first-order valence-corrected chi connectivity index (χ1v) is 4.09. The number of hydrogen-bond acceptors (Lipinski definition) is 2. The molecule has 0 atom stereocenters. The average molecular weight is 182 g/mol. The zero-order valence-electron chi connectivity index (χ0n) is 7.90. The van der Waals surface area contributed by atoms with Crippen LogP contribution in [0.5, 0.6) is 0 Å². The van der Waals surface area contributed by atoms with Gasteiger partial charge in [-0.3, -0.25) is 4.79 Å². The van der Waals surface area contributed by atoms with Gasteiger partial charge < -0.3 is 14.6 Å². The van der Waals surface area contributed by atoms with Gasteiger partial charge in [0.25, 0.3) is 0 Å². The number of aromatic nitrogens is 1. The van der Waals surface area contributed by atoms with Crippen molar-refractivity contribution in [2.75, 3.05) is 14.1 Å². The van der Waals surface area contributed by atoms with Crippen LogP contribution in [0.2, 0.25) is 0 Å². The molecule has 0 unspecified atom stereocenters. The van der Waals surface area contributed by atoms with Crippen LogP contribution < -0.4 is 0 Å². The first-order chi connectivity index (χ1) is 6.13. The second-order valence-electron chi connectivity index (χ2n) is 3.14. The summed E-state index contributed by atoms with van der Waals surface area (Å²) in [5.74, 6) is 0.0417. The van der Waals surface area contributed by atoms with Gasteiger partial charge in [0.05, 0.1) is 6.61 Å². The van der Waals surface area contributed by atoms with Crippen LogP contribution in [-0.4, -0.2) is 34.6 Å². The van der Waals surface area contributed by atoms with Crippen molar-refractivity contribution in [3.05, 3.63) is 24.0 Å². The van der Waals surface area contributed by atoms with E-state index in [1.54, 1.807) is 42.0 Å². The molecule has 1 rings (SSSR count). The van der Waals surface area contributed by atoms with Gasteiger partial charge in [-0.25, -0.2) is 0 Å². The molecule has 0 aromatic carbocycles. The largest absolute Gasteiger partial charge is 0.392 e. The van der Waals surface area contributed by atoms with Gasteiger partial charge in [-0.15, -0.1) is 0 Å². The van der Waals surface area contributed by atoms with Crippen molar-refractivity contribution in [3.63, 3.8) is 0 Å². The minimum Gasteiger partial charge on any atom is -0.392 e. The average Bonchev–Trinajstić information content (AvgIpc) is 2.52. The van der Waals surface area contributed by atoms with Gasteiger partial charge in [-0.2, -0.15) is 0 Å². The van der Waals surface area contributed by atoms with E-state index in [1.165, 1.54) is 0 Å². The van der Waals surface area contributed by atoms with E-state index in [4.69, 9.17) is 5.11 Å². The highest BCUT2D eigenvalue weighted by Crippen LogP contribution is 2.00. The maximum Gasteiger partial charge on any atom is 0.241 e. The molecule has 1 N–H and O–H groups in total. The first kappa shape index (κ1) is 9.80. The number of rotatable bonds is 3. The number of likely N-dealkylation sites (N-methyl/N-ethyl adjacent to an activating group) is 1. The third-order valence-electron chi connectivity index (χ3n) is 1.81. The van der Waals surface area contributed by atoms with Gasteiger partial charge in [-0.05, 0) is 11.6 Å². The number of hydrogen-bond donors (Lipinski definition) is 1. The van der Waals surface area contributed by atoms with Crippen molar-refractivity contribution in [1.82, 2.24) is 9.47 Å². The highest BCUT2D eigenvalue weighted by molar-refractivity contribution is 5.75. The van der Waals surface area contributed by atoms with E-state index in [0.717, 1.165) is 5.56 Å². The summed E-state index contributed by atoms with van der Waals surface area (Å²) in [6.45, 7) is 0.343. The lowest BCUT2D eigenvalue weighted by molar-refractivity contribution is -0.129. The molecule has 13 heavy (non-hydrogen) atoms. The second-order valence-corrected chi connectivity index (χ2v) is 3.14. The molecule has 1 aromatic rings. The van der Waals surface area contributed by atoms with Crippen LogP contribution in [0.4, 0.5) is 0 Å². The fourth-order valence-electron chi connectivity index (χ4n) is 0.980. The normalized spacial score (nSPS) is 10.1. The molecular formula is C9H14N2O2. The molecule has 0 aliphatic heterocycles. The minimum absolute atomic E-state index is 0.0170. The van der Waals surface area contributed by atoms with Crippen molar-refractivity contribution in [3.8, 4) is 0 Å². The molecule has 0 saturated heterocycles. The molecular weight excluding hydrogens is 168 g/mol. The Morgan fingerprint density at radius 1 is 1.62 bits per heavy atom. The molecule has 1 heterocycles. The van der Waals surface area contributed by atoms with Crippen LogP contribution in [0.3, 0.4) is 0 Å². The molecule has 1 aromatic heterocycles. The molecule has 0 spiro atoms. The van der Waals surface area contributed by atoms with Gasteiger partial charge in [0.1, 0.15) is 6.54 Å². The number of carbonyl (C=O) groups excluding carboxylic acids is 1. The van der Waals surface area contributed by atoms with Gasteiger partial charge in [0.15, 0.2) is 0 Å². The molecule has 0 fully saturated rings. The third-order valence-corrected chi connectivity index (χ3v) is 1.81. The third kappa shape index (κ3) is 2.59. The Morgan fingerprint density at radius 3 is 2.77 bits per heavy atom. The summed E-state index contributed by atoms with van der Waals surface area (Å²) in [5, 5.41) is 8.79. The summed E-state index contributed by atoms with van der Waals surface area (Å²) in [5.41, 5.74) is 0.826. The van der Waals surface area contributed by atoms with E-state index < -0.39 is 0 Å². The Kier molecular flexibility index (Phi) is 3.08. The smallest absolute Gasteiger partial charge is 0.241 e. The van der Waals surface area contributed by atoms with Crippen molar-refractivity contribution in [2.24, 2.45) is 0 Å². The van der Waals surface area contributed by atoms with Crippen LogP contribution >= 0.6 is 0 Å². The number of aliphatic hydroxyl groups excluding tert-OH is 1. The molecule has 0 bridgehead atoms. The van der Waals surface area contributed by atoms with E-state index in [0.29, 0.717) is 6.54 Å². The van der Waals surface area contributed by atoms with Crippen LogP contribution in [0.1, 0.15) is 5.56 Å². The minimum atomic E-state index is 0.0170. The maximum absolute atomic E-state index is 11.3. The summed E-state index contributed by atoms with van der Waals surface area (Å²) in [4.78, 5) is 12.8. The summed E-state index contributed by atoms with van der Waals surface area (Å²) >= 11 is 0. The second kappa shape index (κ2) is 4.09. The van der Waals surface area contributed by atoms with Gasteiger partial charge in [0, 0.05) is 26.5 Å². The van der Waals surface area contributed by atoms with Crippen molar-refractivity contribution < 1.29 is 9.90 Å². The van der Waals surface area contributed by atoms with E-state index in [9.17, 15) is 4.79 Å². The summed E-state index contributed by atoms with van der Waals surface area (Å²) in [7, 11) is 3.44. The van der Waals surface area contributed by atoms with Gasteiger partial charge in [-0.1, -0.05) is 0 Å². The predicted molar refractivity (Wildman–Crippen MR) is 49.0 cm³/mol. The lowest BCUT2D eigenvalue weighted by Gasteiger charge is -2.10. The molecule has 1 amide bonds. The standard InChI is InChI=1S/C9H14N2O2/c1-10(2)9(13)6-11-4-3-8(5-11)7-12/h3-5,12H,6-7H2,1-2H3. The quantitative estimate of drug-likeness (QED) is 0.719. The number of amides is 1. The first-order valence-electron chi connectivity index (χ1n) is 4.09. The fourth-order valence-corrected chi connectivity index (χ4v) is 0.980. The maximum atomic E-state index is 11.3. The summed E-state index contributed by atoms with van der Waals surface area (Å²) in [6, 6.07) is 1.79. The zero-order valence-corrected chi connectivity index (χ0v) is 7.90. The summed E-state index contributed by atoms with van der Waals surface area (Å²) < 4.78 is 1.76. The number of aliphatic hydroxyl groups is 1. The molecule has 0 aliphatic rings. The molecule has 0 radical (unpaired) electrons. The number of carbonyl (C=O) groups is 1. The highest BCUT2D eigenvalue weighted by atomic mass is 16.3. The molecule has 4 nitrogen and oxygen atoms in total. The Hall–Kier alpha value is -1.29. The zero-order chi connectivity index (χ0) is 9.84. The van der Waals surface area contributed by atoms with Crippen LogP contribution in [0, 0.1) is 0 Å². The topological polar surface area (TPSA) is 45.5 Å². The molecule has 0 saturated carbocycles. The van der Waals surface area contributed by atoms with Crippen molar-refractivity contribution in [1.29, 1.82) is 0 Å². The van der Waals surface area contributed by atoms with E-state index in [2.05, 4.69) is 0 Å². The predicted octanol–water partition coefficient (Wildman–Crippen LogP) is 0.0686. The molecule has 72 valence electrons. The Morgan fingerprint density at radius 2 is 2.31 bits per heavy atom. The SMILES string of the molecule is CN(C)C(=O)Cn1ccc(CO)c1. The summed E-state index contributed by atoms with van der Waals surface area (Å²) in [6.07, 6.45) is 3.55. The van der Waals surface area contributed by atoms with Crippen LogP contribution in [0.25, 0.3) is 0 Å². The van der Waals surface area contributed by atoms with Crippen molar-refractivity contribution >= 4 is 5.91 Å². The Balaban J connectivity index is 2.59. The molecule has 4 heteroatoms. The Bertz CT molecular complexity index is 292. The lowest BCUT2D eigenvalue weighted by Crippen LogP contribution is -2.25. The fraction of sp³-hybridized carbons (Fsp3) is 0.444. The van der Waals surface area contributed by atoms with Crippen molar-refractivity contribution in [2.45, 2.75) is 13.2 Å². The monoisotopic (exact) mass is 182 g/mol. The van der Waals surface area contributed by atoms with Crippen LogP contribution in [0.15, 0.2) is 18.5 Å². The highest BCUT2D eigenvalue weighted by Gasteiger charge is 2.04. The van der Waals surface area contributed by atoms with Gasteiger partial charge in [0.2, 0.25) is 5.91 Å². The van der Waals surface area contributed by atoms with E-state index in [1.807, 2.05) is 0 Å². The molecule has 0 aliphatic carbocycles. The Labute approximate surface area is 77.4 Å².